The molecule has 0 aliphatic carbocycles. The molecule has 0 fully saturated rings. The van der Waals surface area contributed by atoms with Crippen molar-refractivity contribution in [3.63, 3.8) is 0 Å². The number of carbonyl (C=O) groups is 1. The van der Waals surface area contributed by atoms with Crippen molar-refractivity contribution >= 4 is 34.7 Å². The quantitative estimate of drug-likeness (QED) is 0.516. The third kappa shape index (κ3) is 3.01. The molecule has 146 valence electrons. The van der Waals surface area contributed by atoms with E-state index in [0.717, 1.165) is 5.69 Å². The third-order valence-electron chi connectivity index (χ3n) is 4.54. The average Bonchev–Trinajstić information content (AvgIpc) is 2.80. The maximum absolute atomic E-state index is 12.0. The topological polar surface area (TPSA) is 124 Å². The Morgan fingerprint density at radius 2 is 1.73 bits per heavy atom. The Bertz CT molecular complexity index is 1240. The highest BCUT2D eigenvalue weighted by Crippen LogP contribution is 2.46. The van der Waals surface area contributed by atoms with E-state index < -0.39 is 5.97 Å². The molecule has 1 aromatic heterocycles. The van der Waals surface area contributed by atoms with Crippen LogP contribution in [-0.4, -0.2) is 30.2 Å². The van der Waals surface area contributed by atoms with Gasteiger partial charge in [-0.1, -0.05) is 0 Å². The van der Waals surface area contributed by atoms with Gasteiger partial charge < -0.3 is 14.8 Å². The fourth-order valence-electron chi connectivity index (χ4n) is 3.13. The zero-order chi connectivity index (χ0) is 21.3. The lowest BCUT2D eigenvalue weighted by atomic mass is 10.1. The zero-order valence-corrected chi connectivity index (χ0v) is 16.0. The maximum Gasteiger partial charge on any atom is 0.337 e. The normalized spacial score (nSPS) is 11.3. The molecule has 1 aliphatic heterocycles. The third-order valence-corrected chi connectivity index (χ3v) is 4.54. The molecular weight excluding hydrogens is 384 g/mol. The minimum absolute atomic E-state index is 0.0776. The number of hydrogen-bond donors (Lipinski definition) is 1. The van der Waals surface area contributed by atoms with E-state index in [-0.39, 0.29) is 17.2 Å². The van der Waals surface area contributed by atoms with Crippen molar-refractivity contribution in [2.24, 2.45) is 0 Å². The van der Waals surface area contributed by atoms with Crippen molar-refractivity contribution in [3.8, 4) is 17.9 Å². The molecule has 0 amide bonds. The number of ether oxygens (including phenoxy) is 2. The van der Waals surface area contributed by atoms with Crippen LogP contribution >= 0.6 is 0 Å². The molecule has 1 aliphatic rings. The van der Waals surface area contributed by atoms with Gasteiger partial charge >= 0.3 is 5.97 Å². The first kappa shape index (κ1) is 18.7. The number of nitriles is 2. The van der Waals surface area contributed by atoms with Crippen molar-refractivity contribution in [2.45, 2.75) is 0 Å². The molecule has 2 heterocycles. The lowest BCUT2D eigenvalue weighted by molar-refractivity contribution is 0.0601. The van der Waals surface area contributed by atoms with Crippen LogP contribution in [0.1, 0.15) is 21.7 Å². The van der Waals surface area contributed by atoms with Gasteiger partial charge in [0.1, 0.15) is 17.9 Å². The van der Waals surface area contributed by atoms with Crippen LogP contribution in [-0.2, 0) is 4.74 Å². The van der Waals surface area contributed by atoms with E-state index in [2.05, 4.69) is 15.3 Å². The number of methoxy groups -OCH3 is 2. The highest BCUT2D eigenvalue weighted by Gasteiger charge is 2.29. The predicted molar refractivity (Wildman–Crippen MR) is 107 cm³/mol. The summed E-state index contributed by atoms with van der Waals surface area (Å²) in [5.41, 5.74) is 2.17. The van der Waals surface area contributed by atoms with E-state index in [1.807, 2.05) is 24.3 Å². The zero-order valence-electron chi connectivity index (χ0n) is 16.0. The largest absolute Gasteiger partial charge is 0.497 e. The number of hydrogen-bond acceptors (Lipinski definition) is 9. The molecule has 0 bridgehead atoms. The smallest absolute Gasteiger partial charge is 0.337 e. The van der Waals surface area contributed by atoms with Gasteiger partial charge in [-0.25, -0.2) is 14.8 Å². The van der Waals surface area contributed by atoms with Gasteiger partial charge in [0.05, 0.1) is 31.2 Å². The van der Waals surface area contributed by atoms with Crippen LogP contribution in [0, 0.1) is 22.7 Å². The summed E-state index contributed by atoms with van der Waals surface area (Å²) >= 11 is 0. The fourth-order valence-corrected chi connectivity index (χ4v) is 3.13. The summed E-state index contributed by atoms with van der Waals surface area (Å²) in [4.78, 5) is 22.4. The van der Waals surface area contributed by atoms with E-state index in [4.69, 9.17) is 9.47 Å². The van der Waals surface area contributed by atoms with Crippen molar-refractivity contribution in [1.82, 2.24) is 9.97 Å². The van der Waals surface area contributed by atoms with Gasteiger partial charge in [0.2, 0.25) is 0 Å². The van der Waals surface area contributed by atoms with Crippen molar-refractivity contribution in [2.75, 3.05) is 24.4 Å². The number of rotatable bonds is 3. The highest BCUT2D eigenvalue weighted by atomic mass is 16.5. The van der Waals surface area contributed by atoms with Crippen LogP contribution in [0.2, 0.25) is 0 Å². The first-order valence-corrected chi connectivity index (χ1v) is 8.75. The summed E-state index contributed by atoms with van der Waals surface area (Å²) in [6, 6.07) is 16.1. The standard InChI is InChI=1S/C21H14N6O3/c1-29-14-6-4-13(5-7-14)27-18-8-3-12(21(28)30-2)9-15(18)24-19-20(27)26-17(11-23)16(10-22)25-19/h3-9H,1-2H3,(H,24,25). The second-order valence-electron chi connectivity index (χ2n) is 6.20. The number of esters is 1. The van der Waals surface area contributed by atoms with Gasteiger partial charge in [-0.3, -0.25) is 4.90 Å². The molecule has 2 aromatic carbocycles. The van der Waals surface area contributed by atoms with Crippen LogP contribution in [0.5, 0.6) is 5.75 Å². The van der Waals surface area contributed by atoms with E-state index >= 15 is 0 Å². The Morgan fingerprint density at radius 1 is 1.03 bits per heavy atom. The molecule has 4 rings (SSSR count). The van der Waals surface area contributed by atoms with Gasteiger partial charge in [-0.2, -0.15) is 10.5 Å². The molecule has 0 unspecified atom stereocenters. The number of benzene rings is 2. The molecule has 1 N–H and O–H groups in total. The van der Waals surface area contributed by atoms with Crippen LogP contribution < -0.4 is 15.0 Å². The van der Waals surface area contributed by atoms with Crippen LogP contribution in [0.25, 0.3) is 0 Å². The summed E-state index contributed by atoms with van der Waals surface area (Å²) in [6.07, 6.45) is 0. The molecular formula is C21H14N6O3. The van der Waals surface area contributed by atoms with E-state index in [1.54, 1.807) is 42.3 Å². The monoisotopic (exact) mass is 398 g/mol. The van der Waals surface area contributed by atoms with Gasteiger partial charge in [-0.15, -0.1) is 0 Å². The number of aromatic nitrogens is 2. The van der Waals surface area contributed by atoms with E-state index in [1.165, 1.54) is 7.11 Å². The summed E-state index contributed by atoms with van der Waals surface area (Å²) in [5, 5.41) is 21.8. The minimum atomic E-state index is -0.481. The molecule has 0 saturated heterocycles. The lowest BCUT2D eigenvalue weighted by Crippen LogP contribution is -2.21. The first-order valence-electron chi connectivity index (χ1n) is 8.75. The van der Waals surface area contributed by atoms with E-state index in [9.17, 15) is 15.3 Å². The molecule has 0 radical (unpaired) electrons. The first-order chi connectivity index (χ1) is 14.6. The summed E-state index contributed by atoms with van der Waals surface area (Å²) in [5.74, 6) is 0.842. The SMILES string of the molecule is COC(=O)c1ccc2c(c1)Nc1nc(C#N)c(C#N)nc1N2c1ccc(OC)cc1. The summed E-state index contributed by atoms with van der Waals surface area (Å²) in [7, 11) is 2.88. The van der Waals surface area contributed by atoms with Gasteiger partial charge in [0.25, 0.3) is 0 Å². The van der Waals surface area contributed by atoms with Crippen molar-refractivity contribution in [3.05, 3.63) is 59.4 Å². The van der Waals surface area contributed by atoms with Gasteiger partial charge in [-0.05, 0) is 42.5 Å². The predicted octanol–water partition coefficient (Wildman–Crippen LogP) is 3.54. The Balaban J connectivity index is 1.94. The fraction of sp³-hybridized carbons (Fsp3) is 0.0952. The Kier molecular flexibility index (Phi) is 4.63. The second kappa shape index (κ2) is 7.41. The number of nitrogens with one attached hydrogen (secondary N) is 1. The second-order valence-corrected chi connectivity index (χ2v) is 6.20. The molecule has 3 aromatic rings. The van der Waals surface area contributed by atoms with Gasteiger partial charge in [0.15, 0.2) is 23.0 Å². The van der Waals surface area contributed by atoms with Crippen molar-refractivity contribution in [1.29, 1.82) is 10.5 Å². The Labute approximate surface area is 171 Å². The average molecular weight is 398 g/mol. The van der Waals surface area contributed by atoms with E-state index in [0.29, 0.717) is 28.5 Å². The number of fused-ring (bicyclic) bond motifs is 2. The highest BCUT2D eigenvalue weighted by molar-refractivity contribution is 5.98. The molecule has 9 nitrogen and oxygen atoms in total. The Morgan fingerprint density at radius 3 is 2.37 bits per heavy atom. The maximum atomic E-state index is 12.0. The lowest BCUT2D eigenvalue weighted by Gasteiger charge is -2.32. The number of nitrogens with zero attached hydrogens (tertiary/aromatic N) is 5. The number of anilines is 5. The van der Waals surface area contributed by atoms with Crippen molar-refractivity contribution < 1.29 is 14.3 Å². The minimum Gasteiger partial charge on any atom is -0.497 e. The van der Waals surface area contributed by atoms with Crippen LogP contribution in [0.3, 0.4) is 0 Å². The Hall–Kier alpha value is -4.63. The molecule has 9 heteroatoms. The molecule has 30 heavy (non-hydrogen) atoms. The molecule has 0 atom stereocenters. The summed E-state index contributed by atoms with van der Waals surface area (Å²) in [6.45, 7) is 0. The van der Waals surface area contributed by atoms with Gasteiger partial charge in [0, 0.05) is 5.69 Å². The number of carbonyl (C=O) groups excluding carboxylic acids is 1. The molecule has 0 spiro atoms. The van der Waals surface area contributed by atoms with Crippen LogP contribution in [0.4, 0.5) is 28.7 Å². The summed E-state index contributed by atoms with van der Waals surface area (Å²) < 4.78 is 10.0. The molecule has 0 saturated carbocycles. The van der Waals surface area contributed by atoms with Crippen LogP contribution in [0.15, 0.2) is 42.5 Å².